The first-order valence-corrected chi connectivity index (χ1v) is 7.30. The lowest BCUT2D eigenvalue weighted by atomic mass is 10.1. The number of hydrogen-bond acceptors (Lipinski definition) is 3. The van der Waals surface area contributed by atoms with Crippen LogP contribution in [-0.4, -0.2) is 27.8 Å². The number of carbonyl (C=O) groups is 2. The van der Waals surface area contributed by atoms with E-state index < -0.39 is 0 Å². The Hall–Kier alpha value is -1.29. The molecule has 0 aromatic heterocycles. The topological polar surface area (TPSA) is 37.4 Å². The van der Waals surface area contributed by atoms with Crippen LogP contribution in [0, 0.1) is 0 Å². The summed E-state index contributed by atoms with van der Waals surface area (Å²) in [5.41, 5.74) is 1.07. The van der Waals surface area contributed by atoms with Gasteiger partial charge >= 0.3 is 0 Å². The second-order valence-corrected chi connectivity index (χ2v) is 5.58. The van der Waals surface area contributed by atoms with Gasteiger partial charge in [-0.1, -0.05) is 26.0 Å². The first kappa shape index (κ1) is 13.1. The molecule has 0 atom stereocenters. The molecule has 0 fully saturated rings. The van der Waals surface area contributed by atoms with Crippen molar-refractivity contribution in [1.82, 2.24) is 4.90 Å². The van der Waals surface area contributed by atoms with Crippen LogP contribution in [0.5, 0.6) is 0 Å². The summed E-state index contributed by atoms with van der Waals surface area (Å²) in [6.45, 7) is 4.26. The highest BCUT2D eigenvalue weighted by molar-refractivity contribution is 7.99. The Morgan fingerprint density at radius 1 is 1.06 bits per heavy atom. The predicted molar refractivity (Wildman–Crippen MR) is 73.8 cm³/mol. The van der Waals surface area contributed by atoms with Gasteiger partial charge < -0.3 is 0 Å². The summed E-state index contributed by atoms with van der Waals surface area (Å²) >= 11 is 1.68. The molecule has 0 aliphatic carbocycles. The minimum Gasteiger partial charge on any atom is -0.269 e. The molecule has 0 radical (unpaired) electrons. The fraction of sp³-hybridized carbons (Fsp3) is 0.429. The van der Waals surface area contributed by atoms with Gasteiger partial charge in [0.15, 0.2) is 0 Å². The number of fused-ring (bicyclic) bond motifs is 1. The van der Waals surface area contributed by atoms with E-state index in [2.05, 4.69) is 13.8 Å². The summed E-state index contributed by atoms with van der Waals surface area (Å²) in [4.78, 5) is 25.5. The molecule has 0 bridgehead atoms. The molecule has 18 heavy (non-hydrogen) atoms. The maximum Gasteiger partial charge on any atom is 0.262 e. The van der Waals surface area contributed by atoms with Crippen LogP contribution in [0.15, 0.2) is 24.3 Å². The third kappa shape index (κ3) is 2.29. The first-order valence-electron chi connectivity index (χ1n) is 6.25. The van der Waals surface area contributed by atoms with Gasteiger partial charge in [-0.25, -0.2) is 0 Å². The zero-order valence-corrected chi connectivity index (χ0v) is 11.5. The Morgan fingerprint density at radius 3 is 2.00 bits per heavy atom. The number of hydrogen-bond donors (Lipinski definition) is 0. The summed E-state index contributed by atoms with van der Waals surface area (Å²) in [7, 11) is 0. The molecule has 2 amide bonds. The van der Waals surface area contributed by atoms with Crippen molar-refractivity contribution in [1.29, 1.82) is 0 Å². The van der Waals surface area contributed by atoms with E-state index in [1.807, 2.05) is 0 Å². The number of benzene rings is 1. The van der Waals surface area contributed by atoms with Gasteiger partial charge in [0.05, 0.1) is 17.0 Å². The molecule has 1 heterocycles. The molecule has 4 heteroatoms. The Bertz CT molecular complexity index is 434. The van der Waals surface area contributed by atoms with E-state index in [1.54, 1.807) is 36.0 Å². The summed E-state index contributed by atoms with van der Waals surface area (Å²) in [5, 5.41) is 0.509. The highest BCUT2D eigenvalue weighted by Gasteiger charge is 2.35. The SMILES string of the molecule is CCC(CC)SCN1C(=O)c2ccccc2C1=O. The van der Waals surface area contributed by atoms with E-state index in [0.717, 1.165) is 12.8 Å². The van der Waals surface area contributed by atoms with E-state index in [0.29, 0.717) is 22.3 Å². The van der Waals surface area contributed by atoms with Gasteiger partial charge in [-0.15, -0.1) is 11.8 Å². The molecule has 1 aromatic rings. The van der Waals surface area contributed by atoms with Crippen LogP contribution in [0.25, 0.3) is 0 Å². The number of nitrogens with zero attached hydrogens (tertiary/aromatic N) is 1. The Balaban J connectivity index is 2.09. The van der Waals surface area contributed by atoms with Crippen LogP contribution in [0.4, 0.5) is 0 Å². The summed E-state index contributed by atoms with van der Waals surface area (Å²) < 4.78 is 0. The molecule has 1 aromatic carbocycles. The van der Waals surface area contributed by atoms with Crippen molar-refractivity contribution in [2.24, 2.45) is 0 Å². The van der Waals surface area contributed by atoms with Crippen LogP contribution in [0.3, 0.4) is 0 Å². The van der Waals surface area contributed by atoms with Crippen LogP contribution in [0.2, 0.25) is 0 Å². The average molecular weight is 263 g/mol. The lowest BCUT2D eigenvalue weighted by molar-refractivity contribution is 0.0684. The molecule has 3 nitrogen and oxygen atoms in total. The summed E-state index contributed by atoms with van der Waals surface area (Å²) in [5.74, 6) is 0.140. The second-order valence-electron chi connectivity index (χ2n) is 4.32. The number of carbonyl (C=O) groups excluding carboxylic acids is 2. The fourth-order valence-electron chi connectivity index (χ4n) is 2.06. The lowest BCUT2D eigenvalue weighted by Crippen LogP contribution is -2.30. The Kier molecular flexibility index (Phi) is 4.07. The van der Waals surface area contributed by atoms with Crippen molar-refractivity contribution in [2.75, 3.05) is 5.88 Å². The van der Waals surface area contributed by atoms with Gasteiger partial charge in [-0.05, 0) is 25.0 Å². The molecule has 2 rings (SSSR count). The normalized spacial score (nSPS) is 14.5. The molecule has 0 saturated heterocycles. The van der Waals surface area contributed by atoms with Crippen molar-refractivity contribution in [2.45, 2.75) is 31.9 Å². The number of imide groups is 1. The molecule has 0 unspecified atom stereocenters. The van der Waals surface area contributed by atoms with Gasteiger partial charge in [0, 0.05) is 5.25 Å². The maximum absolute atomic E-state index is 12.1. The zero-order chi connectivity index (χ0) is 13.1. The highest BCUT2D eigenvalue weighted by Crippen LogP contribution is 2.26. The molecule has 0 N–H and O–H groups in total. The van der Waals surface area contributed by atoms with Crippen molar-refractivity contribution < 1.29 is 9.59 Å². The van der Waals surface area contributed by atoms with Gasteiger partial charge in [0.2, 0.25) is 0 Å². The van der Waals surface area contributed by atoms with Crippen LogP contribution in [-0.2, 0) is 0 Å². The largest absolute Gasteiger partial charge is 0.269 e. The van der Waals surface area contributed by atoms with E-state index >= 15 is 0 Å². The van der Waals surface area contributed by atoms with Gasteiger partial charge in [-0.2, -0.15) is 0 Å². The second kappa shape index (κ2) is 5.57. The molecular formula is C14H17NO2S. The van der Waals surface area contributed by atoms with Crippen molar-refractivity contribution in [3.8, 4) is 0 Å². The molecule has 0 saturated carbocycles. The number of rotatable bonds is 5. The Morgan fingerprint density at radius 2 is 1.56 bits per heavy atom. The first-order chi connectivity index (χ1) is 8.69. The predicted octanol–water partition coefficient (Wildman–Crippen LogP) is 3.16. The summed E-state index contributed by atoms with van der Waals surface area (Å²) in [6, 6.07) is 7.03. The smallest absolute Gasteiger partial charge is 0.262 e. The molecular weight excluding hydrogens is 246 g/mol. The summed E-state index contributed by atoms with van der Waals surface area (Å²) in [6.07, 6.45) is 2.12. The maximum atomic E-state index is 12.1. The van der Waals surface area contributed by atoms with Crippen molar-refractivity contribution in [3.05, 3.63) is 35.4 Å². The molecule has 0 spiro atoms. The highest BCUT2D eigenvalue weighted by atomic mass is 32.2. The van der Waals surface area contributed by atoms with E-state index in [-0.39, 0.29) is 11.8 Å². The minimum atomic E-state index is -0.158. The lowest BCUT2D eigenvalue weighted by Gasteiger charge is -2.17. The van der Waals surface area contributed by atoms with E-state index in [4.69, 9.17) is 0 Å². The quantitative estimate of drug-likeness (QED) is 0.766. The van der Waals surface area contributed by atoms with Gasteiger partial charge in [0.25, 0.3) is 11.8 Å². The minimum absolute atomic E-state index is 0.158. The van der Waals surface area contributed by atoms with Crippen molar-refractivity contribution >= 4 is 23.6 Å². The van der Waals surface area contributed by atoms with Crippen LogP contribution >= 0.6 is 11.8 Å². The molecule has 1 aliphatic heterocycles. The van der Waals surface area contributed by atoms with Crippen molar-refractivity contribution in [3.63, 3.8) is 0 Å². The van der Waals surface area contributed by atoms with E-state index in [1.165, 1.54) is 4.90 Å². The monoisotopic (exact) mass is 263 g/mol. The van der Waals surface area contributed by atoms with Gasteiger partial charge in [0.1, 0.15) is 0 Å². The number of thioether (sulfide) groups is 1. The third-order valence-corrected chi connectivity index (χ3v) is 4.77. The molecule has 96 valence electrons. The van der Waals surface area contributed by atoms with Crippen LogP contribution < -0.4 is 0 Å². The van der Waals surface area contributed by atoms with Crippen LogP contribution in [0.1, 0.15) is 47.4 Å². The average Bonchev–Trinajstić information content (AvgIpc) is 2.65. The number of amides is 2. The van der Waals surface area contributed by atoms with Gasteiger partial charge in [-0.3, -0.25) is 14.5 Å². The third-order valence-electron chi connectivity index (χ3n) is 3.23. The molecule has 1 aliphatic rings. The fourth-order valence-corrected chi connectivity index (χ4v) is 3.13. The Labute approximate surface area is 112 Å². The standard InChI is InChI=1S/C14H17NO2S/c1-3-10(4-2)18-9-15-13(16)11-7-5-6-8-12(11)14(15)17/h5-8,10H,3-4,9H2,1-2H3. The van der Waals surface area contributed by atoms with E-state index in [9.17, 15) is 9.59 Å². The zero-order valence-electron chi connectivity index (χ0n) is 10.7.